The Morgan fingerprint density at radius 3 is 2.23 bits per heavy atom. The third-order valence-corrected chi connectivity index (χ3v) is 3.87. The normalized spacial score (nSPS) is 10.4. The smallest absolute Gasteiger partial charge is 0.120 e. The van der Waals surface area contributed by atoms with Gasteiger partial charge in [-0.25, -0.2) is 0 Å². The van der Waals surface area contributed by atoms with Crippen LogP contribution in [0.25, 0.3) is 11.1 Å². The van der Waals surface area contributed by atoms with Gasteiger partial charge < -0.3 is 10.4 Å². The van der Waals surface area contributed by atoms with Gasteiger partial charge in [-0.15, -0.1) is 0 Å². The fraction of sp³-hybridized carbons (Fsp3) is 0.0526. The molecular weight excluding hydrogens is 294 g/mol. The summed E-state index contributed by atoms with van der Waals surface area (Å²) in [5.41, 5.74) is 3.98. The lowest BCUT2D eigenvalue weighted by atomic mass is 10.1. The summed E-state index contributed by atoms with van der Waals surface area (Å²) >= 11 is 6.21. The van der Waals surface area contributed by atoms with Gasteiger partial charge in [0, 0.05) is 28.4 Å². The lowest BCUT2D eigenvalue weighted by molar-refractivity contribution is 0.469. The Labute approximate surface area is 135 Å². The van der Waals surface area contributed by atoms with Crippen molar-refractivity contribution in [3.63, 3.8) is 0 Å². The van der Waals surface area contributed by atoms with Crippen LogP contribution in [0.3, 0.4) is 0 Å². The second-order valence-corrected chi connectivity index (χ2v) is 5.45. The zero-order chi connectivity index (χ0) is 15.4. The van der Waals surface area contributed by atoms with Gasteiger partial charge in [-0.3, -0.25) is 0 Å². The van der Waals surface area contributed by atoms with E-state index in [0.29, 0.717) is 12.3 Å². The molecule has 0 aliphatic heterocycles. The van der Waals surface area contributed by atoms with Gasteiger partial charge in [0.05, 0.1) is 0 Å². The van der Waals surface area contributed by atoms with E-state index in [2.05, 4.69) is 5.32 Å². The fourth-order valence-corrected chi connectivity index (χ4v) is 2.57. The minimum Gasteiger partial charge on any atom is -0.508 e. The average molecular weight is 310 g/mol. The first kappa shape index (κ1) is 14.5. The van der Waals surface area contributed by atoms with Gasteiger partial charge in [0.2, 0.25) is 0 Å². The minimum atomic E-state index is 0.308. The summed E-state index contributed by atoms with van der Waals surface area (Å²) in [4.78, 5) is 0. The zero-order valence-electron chi connectivity index (χ0n) is 12.0. The van der Waals surface area contributed by atoms with Crippen molar-refractivity contribution in [2.45, 2.75) is 6.54 Å². The highest BCUT2D eigenvalue weighted by Crippen LogP contribution is 2.28. The molecule has 110 valence electrons. The highest BCUT2D eigenvalue weighted by Gasteiger charge is 2.03. The van der Waals surface area contributed by atoms with Crippen LogP contribution in [-0.4, -0.2) is 5.11 Å². The topological polar surface area (TPSA) is 32.3 Å². The fourth-order valence-electron chi connectivity index (χ4n) is 2.32. The van der Waals surface area contributed by atoms with Gasteiger partial charge in [-0.05, 0) is 29.8 Å². The summed E-state index contributed by atoms with van der Waals surface area (Å²) in [5.74, 6) is 0.308. The largest absolute Gasteiger partial charge is 0.508 e. The van der Waals surface area contributed by atoms with Gasteiger partial charge in [-0.2, -0.15) is 0 Å². The molecule has 3 aromatic rings. The molecule has 22 heavy (non-hydrogen) atoms. The van der Waals surface area contributed by atoms with Crippen molar-refractivity contribution < 1.29 is 5.11 Å². The van der Waals surface area contributed by atoms with Crippen molar-refractivity contribution in [2.24, 2.45) is 0 Å². The molecule has 3 aromatic carbocycles. The third-order valence-electron chi connectivity index (χ3n) is 3.54. The van der Waals surface area contributed by atoms with E-state index >= 15 is 0 Å². The summed E-state index contributed by atoms with van der Waals surface area (Å²) in [6.07, 6.45) is 0. The molecule has 2 N–H and O–H groups in total. The molecule has 0 spiro atoms. The number of para-hydroxylation sites is 1. The number of halogens is 1. The Morgan fingerprint density at radius 2 is 1.50 bits per heavy atom. The predicted octanol–water partition coefficient (Wildman–Crippen LogP) is 5.32. The van der Waals surface area contributed by atoms with Gasteiger partial charge in [-0.1, -0.05) is 60.1 Å². The molecule has 0 unspecified atom stereocenters. The number of benzene rings is 3. The number of anilines is 1. The summed E-state index contributed by atoms with van der Waals surface area (Å²) in [6.45, 7) is 0.581. The Morgan fingerprint density at radius 1 is 0.818 bits per heavy atom. The Bertz CT molecular complexity index is 768. The molecule has 0 aliphatic carbocycles. The van der Waals surface area contributed by atoms with Crippen LogP contribution in [0.2, 0.25) is 5.02 Å². The van der Waals surface area contributed by atoms with Gasteiger partial charge >= 0.3 is 0 Å². The van der Waals surface area contributed by atoms with Gasteiger partial charge in [0.15, 0.2) is 0 Å². The molecule has 0 atom stereocenters. The van der Waals surface area contributed by atoms with Crippen molar-refractivity contribution >= 4 is 17.3 Å². The number of rotatable bonds is 4. The predicted molar refractivity (Wildman–Crippen MR) is 92.3 cm³/mol. The number of phenols is 1. The molecule has 0 saturated heterocycles. The quantitative estimate of drug-likeness (QED) is 0.683. The molecule has 0 bridgehead atoms. The molecule has 0 radical (unpaired) electrons. The van der Waals surface area contributed by atoms with Crippen LogP contribution < -0.4 is 5.32 Å². The first-order valence-electron chi connectivity index (χ1n) is 7.10. The van der Waals surface area contributed by atoms with Gasteiger partial charge in [0.1, 0.15) is 5.75 Å². The van der Waals surface area contributed by atoms with Crippen molar-refractivity contribution in [1.29, 1.82) is 0 Å². The first-order chi connectivity index (χ1) is 10.7. The van der Waals surface area contributed by atoms with Crippen molar-refractivity contribution in [2.75, 3.05) is 5.32 Å². The van der Waals surface area contributed by atoms with Crippen LogP contribution in [0, 0.1) is 0 Å². The Kier molecular flexibility index (Phi) is 4.31. The van der Waals surface area contributed by atoms with E-state index in [9.17, 15) is 5.11 Å². The van der Waals surface area contributed by atoms with Crippen LogP contribution in [0.5, 0.6) is 5.75 Å². The van der Waals surface area contributed by atoms with E-state index in [1.54, 1.807) is 6.07 Å². The lowest BCUT2D eigenvalue weighted by Crippen LogP contribution is -1.99. The molecule has 0 amide bonds. The molecule has 0 aliphatic rings. The van der Waals surface area contributed by atoms with E-state index in [1.807, 2.05) is 66.7 Å². The second kappa shape index (κ2) is 6.54. The Balaban J connectivity index is 1.72. The van der Waals surface area contributed by atoms with E-state index < -0.39 is 0 Å². The number of aromatic hydroxyl groups is 1. The highest BCUT2D eigenvalue weighted by molar-refractivity contribution is 6.33. The molecule has 2 nitrogen and oxygen atoms in total. The van der Waals surface area contributed by atoms with E-state index in [1.165, 1.54) is 0 Å². The maximum Gasteiger partial charge on any atom is 0.120 e. The van der Waals surface area contributed by atoms with Crippen molar-refractivity contribution in [3.05, 3.63) is 83.4 Å². The summed E-state index contributed by atoms with van der Waals surface area (Å²) in [5, 5.41) is 13.8. The van der Waals surface area contributed by atoms with Crippen LogP contribution >= 0.6 is 11.6 Å². The molecule has 3 rings (SSSR count). The van der Waals surface area contributed by atoms with E-state index in [0.717, 1.165) is 27.4 Å². The van der Waals surface area contributed by atoms with Crippen molar-refractivity contribution in [1.82, 2.24) is 0 Å². The number of hydrogen-bond acceptors (Lipinski definition) is 2. The van der Waals surface area contributed by atoms with E-state index in [4.69, 9.17) is 11.6 Å². The molecule has 3 heteroatoms. The van der Waals surface area contributed by atoms with Crippen LogP contribution in [0.1, 0.15) is 5.56 Å². The minimum absolute atomic E-state index is 0.308. The molecule has 0 fully saturated rings. The van der Waals surface area contributed by atoms with Crippen LogP contribution in [-0.2, 0) is 6.54 Å². The Hall–Kier alpha value is -2.45. The summed E-state index contributed by atoms with van der Waals surface area (Å²) in [7, 11) is 0. The summed E-state index contributed by atoms with van der Waals surface area (Å²) in [6, 6.07) is 23.2. The van der Waals surface area contributed by atoms with Crippen molar-refractivity contribution in [3.8, 4) is 16.9 Å². The lowest BCUT2D eigenvalue weighted by Gasteiger charge is -2.09. The number of hydrogen-bond donors (Lipinski definition) is 2. The average Bonchev–Trinajstić information content (AvgIpc) is 2.55. The number of nitrogens with one attached hydrogen (secondary N) is 1. The molecule has 0 heterocycles. The molecule has 0 saturated carbocycles. The zero-order valence-corrected chi connectivity index (χ0v) is 12.7. The van der Waals surface area contributed by atoms with Crippen LogP contribution in [0.15, 0.2) is 72.8 Å². The number of phenolic OH excluding ortho intramolecular Hbond substituents is 1. The van der Waals surface area contributed by atoms with Crippen LogP contribution in [0.4, 0.5) is 5.69 Å². The van der Waals surface area contributed by atoms with Gasteiger partial charge in [0.25, 0.3) is 0 Å². The summed E-state index contributed by atoms with van der Waals surface area (Å²) < 4.78 is 0. The first-order valence-corrected chi connectivity index (χ1v) is 7.47. The highest BCUT2D eigenvalue weighted by atomic mass is 35.5. The standard InChI is InChI=1S/C19H16ClNO/c20-18-7-3-2-6-17(18)14-9-11-16(12-10-14)21-13-15-5-1-4-8-19(15)22/h1-12,21-22H,13H2. The maximum absolute atomic E-state index is 9.76. The molecule has 0 aromatic heterocycles. The monoisotopic (exact) mass is 309 g/mol. The maximum atomic E-state index is 9.76. The van der Waals surface area contributed by atoms with E-state index in [-0.39, 0.29) is 0 Å². The third kappa shape index (κ3) is 3.23. The SMILES string of the molecule is Oc1ccccc1CNc1ccc(-c2ccccc2Cl)cc1. The second-order valence-electron chi connectivity index (χ2n) is 5.04. The molecular formula is C19H16ClNO.